The Hall–Kier alpha value is -2.58. The van der Waals surface area contributed by atoms with Gasteiger partial charge in [0.2, 0.25) is 0 Å². The fourth-order valence-corrected chi connectivity index (χ4v) is 4.71. The Labute approximate surface area is 175 Å². The molecule has 4 heterocycles. The van der Waals surface area contributed by atoms with Gasteiger partial charge < -0.3 is 14.9 Å². The number of aliphatic hydroxyl groups is 1. The maximum atomic E-state index is 14.3. The van der Waals surface area contributed by atoms with Gasteiger partial charge in [-0.2, -0.15) is 5.10 Å². The van der Waals surface area contributed by atoms with Crippen molar-refractivity contribution >= 4 is 16.9 Å². The fraction of sp³-hybridized carbons (Fsp3) is 0.500. The summed E-state index contributed by atoms with van der Waals surface area (Å²) in [6, 6.07) is 6.54. The molecule has 0 radical (unpaired) electrons. The third-order valence-corrected chi connectivity index (χ3v) is 6.39. The zero-order valence-corrected chi connectivity index (χ0v) is 17.0. The molecule has 2 aromatic heterocycles. The van der Waals surface area contributed by atoms with E-state index in [1.165, 1.54) is 36.3 Å². The van der Waals surface area contributed by atoms with E-state index in [4.69, 9.17) is 0 Å². The van der Waals surface area contributed by atoms with E-state index in [0.717, 1.165) is 43.9 Å². The van der Waals surface area contributed by atoms with Crippen LogP contribution < -0.4 is 4.90 Å². The number of aromatic nitrogens is 4. The number of para-hydroxylation sites is 1. The number of β-amino-alcohol motifs (C(OH)–C–C–N with tert-alkyl or cyclic N) is 1. The second-order valence-electron chi connectivity index (χ2n) is 8.49. The molecule has 0 amide bonds. The first kappa shape index (κ1) is 19.4. The lowest BCUT2D eigenvalue weighted by atomic mass is 9.90. The fourth-order valence-electron chi connectivity index (χ4n) is 4.71. The van der Waals surface area contributed by atoms with E-state index >= 15 is 0 Å². The van der Waals surface area contributed by atoms with E-state index in [0.29, 0.717) is 24.2 Å². The Bertz CT molecular complexity index is 1020. The van der Waals surface area contributed by atoms with Crippen LogP contribution in [-0.2, 0) is 0 Å². The lowest BCUT2D eigenvalue weighted by Crippen LogP contribution is -2.52. The number of rotatable bonds is 4. The molecular weight excluding hydrogens is 383 g/mol. The lowest BCUT2D eigenvalue weighted by Gasteiger charge is -2.42. The largest absolute Gasteiger partial charge is 0.388 e. The van der Waals surface area contributed by atoms with Crippen molar-refractivity contribution in [3.63, 3.8) is 0 Å². The molecule has 1 aromatic carbocycles. The first-order chi connectivity index (χ1) is 14.6. The summed E-state index contributed by atoms with van der Waals surface area (Å²) >= 11 is 0. The highest BCUT2D eigenvalue weighted by atomic mass is 19.1. The SMILES string of the molecule is OC1(CN2CCCCC2)CCN(c2ncnc3c2cnn3-c2ccccc2F)CC1. The maximum absolute atomic E-state index is 14.3. The van der Waals surface area contributed by atoms with E-state index < -0.39 is 5.60 Å². The van der Waals surface area contributed by atoms with Crippen LogP contribution in [0.5, 0.6) is 0 Å². The average Bonchev–Trinajstić information content (AvgIpc) is 3.19. The molecule has 0 bridgehead atoms. The first-order valence-corrected chi connectivity index (χ1v) is 10.8. The number of piperidine rings is 2. The molecule has 0 saturated carbocycles. The van der Waals surface area contributed by atoms with Gasteiger partial charge in [-0.05, 0) is 50.9 Å². The molecule has 0 unspecified atom stereocenters. The van der Waals surface area contributed by atoms with Crippen molar-refractivity contribution in [2.45, 2.75) is 37.7 Å². The van der Waals surface area contributed by atoms with Crippen molar-refractivity contribution in [2.75, 3.05) is 37.6 Å². The predicted octanol–water partition coefficient (Wildman–Crippen LogP) is 2.77. The molecule has 30 heavy (non-hydrogen) atoms. The molecular formula is C22H27FN6O. The maximum Gasteiger partial charge on any atom is 0.168 e. The molecule has 1 N–H and O–H groups in total. The Balaban J connectivity index is 1.36. The number of nitrogens with zero attached hydrogens (tertiary/aromatic N) is 6. The van der Waals surface area contributed by atoms with Gasteiger partial charge in [0.25, 0.3) is 0 Å². The second-order valence-corrected chi connectivity index (χ2v) is 8.49. The van der Waals surface area contributed by atoms with E-state index in [1.807, 2.05) is 0 Å². The number of likely N-dealkylation sites (tertiary alicyclic amines) is 1. The van der Waals surface area contributed by atoms with E-state index in [2.05, 4.69) is 24.9 Å². The monoisotopic (exact) mass is 410 g/mol. The minimum Gasteiger partial charge on any atom is -0.388 e. The summed E-state index contributed by atoms with van der Waals surface area (Å²) in [6.45, 7) is 4.38. The van der Waals surface area contributed by atoms with Crippen molar-refractivity contribution < 1.29 is 9.50 Å². The molecule has 2 aliphatic rings. The Kier molecular flexibility index (Phi) is 5.12. The highest BCUT2D eigenvalue weighted by Crippen LogP contribution is 2.31. The highest BCUT2D eigenvalue weighted by Gasteiger charge is 2.35. The average molecular weight is 410 g/mol. The van der Waals surface area contributed by atoms with Gasteiger partial charge in [-0.1, -0.05) is 18.6 Å². The molecule has 2 fully saturated rings. The summed E-state index contributed by atoms with van der Waals surface area (Å²) in [5.41, 5.74) is 0.308. The molecule has 0 spiro atoms. The van der Waals surface area contributed by atoms with Crippen LogP contribution in [-0.4, -0.2) is 68.1 Å². The van der Waals surface area contributed by atoms with Crippen LogP contribution in [0.4, 0.5) is 10.2 Å². The van der Waals surface area contributed by atoms with Crippen LogP contribution >= 0.6 is 0 Å². The van der Waals surface area contributed by atoms with Crippen molar-refractivity contribution in [1.82, 2.24) is 24.6 Å². The van der Waals surface area contributed by atoms with Crippen molar-refractivity contribution in [3.8, 4) is 5.69 Å². The number of benzene rings is 1. The predicted molar refractivity (Wildman–Crippen MR) is 113 cm³/mol. The first-order valence-electron chi connectivity index (χ1n) is 10.8. The lowest BCUT2D eigenvalue weighted by molar-refractivity contribution is -0.0201. The molecule has 0 aliphatic carbocycles. The van der Waals surface area contributed by atoms with Gasteiger partial charge in [0.05, 0.1) is 17.2 Å². The van der Waals surface area contributed by atoms with Gasteiger partial charge in [0.15, 0.2) is 5.65 Å². The highest BCUT2D eigenvalue weighted by molar-refractivity contribution is 5.87. The second kappa shape index (κ2) is 7.92. The summed E-state index contributed by atoms with van der Waals surface area (Å²) in [7, 11) is 0. The third kappa shape index (κ3) is 3.65. The van der Waals surface area contributed by atoms with Gasteiger partial charge >= 0.3 is 0 Å². The summed E-state index contributed by atoms with van der Waals surface area (Å²) in [6.07, 6.45) is 8.37. The Morgan fingerprint density at radius 1 is 1.00 bits per heavy atom. The quantitative estimate of drug-likeness (QED) is 0.713. The van der Waals surface area contributed by atoms with Gasteiger partial charge in [-0.3, -0.25) is 0 Å². The molecule has 0 atom stereocenters. The summed E-state index contributed by atoms with van der Waals surface area (Å²) in [4.78, 5) is 13.4. The molecule has 2 aliphatic heterocycles. The van der Waals surface area contributed by atoms with Gasteiger partial charge in [0.1, 0.15) is 23.6 Å². The van der Waals surface area contributed by atoms with Crippen LogP contribution in [0, 0.1) is 5.82 Å². The number of hydrogen-bond acceptors (Lipinski definition) is 6. The van der Waals surface area contributed by atoms with Crippen LogP contribution in [0.15, 0.2) is 36.8 Å². The van der Waals surface area contributed by atoms with Crippen LogP contribution in [0.3, 0.4) is 0 Å². The van der Waals surface area contributed by atoms with Gasteiger partial charge in [-0.15, -0.1) is 0 Å². The van der Waals surface area contributed by atoms with Crippen LogP contribution in [0.25, 0.3) is 16.7 Å². The summed E-state index contributed by atoms with van der Waals surface area (Å²) in [5, 5.41) is 16.3. The molecule has 2 saturated heterocycles. The van der Waals surface area contributed by atoms with Crippen molar-refractivity contribution in [3.05, 3.63) is 42.6 Å². The Morgan fingerprint density at radius 2 is 1.77 bits per heavy atom. The van der Waals surface area contributed by atoms with E-state index in [1.54, 1.807) is 24.4 Å². The van der Waals surface area contributed by atoms with E-state index in [9.17, 15) is 9.50 Å². The molecule has 5 rings (SSSR count). The van der Waals surface area contributed by atoms with Gasteiger partial charge in [0, 0.05) is 19.6 Å². The van der Waals surface area contributed by atoms with Crippen molar-refractivity contribution in [1.29, 1.82) is 0 Å². The summed E-state index contributed by atoms with van der Waals surface area (Å²) < 4.78 is 15.8. The topological polar surface area (TPSA) is 70.3 Å². The summed E-state index contributed by atoms with van der Waals surface area (Å²) in [5.74, 6) is 0.450. The van der Waals surface area contributed by atoms with Crippen LogP contribution in [0.1, 0.15) is 32.1 Å². The normalized spacial score (nSPS) is 20.0. The minimum atomic E-state index is -0.642. The number of halogens is 1. The third-order valence-electron chi connectivity index (χ3n) is 6.39. The van der Waals surface area contributed by atoms with Crippen molar-refractivity contribution in [2.24, 2.45) is 0 Å². The molecule has 3 aromatic rings. The zero-order chi connectivity index (χ0) is 20.6. The Morgan fingerprint density at radius 3 is 2.53 bits per heavy atom. The molecule has 8 heteroatoms. The molecule has 7 nitrogen and oxygen atoms in total. The van der Waals surface area contributed by atoms with Gasteiger partial charge in [-0.25, -0.2) is 19.0 Å². The number of anilines is 1. The zero-order valence-electron chi connectivity index (χ0n) is 17.0. The minimum absolute atomic E-state index is 0.344. The van der Waals surface area contributed by atoms with Crippen LogP contribution in [0.2, 0.25) is 0 Å². The smallest absolute Gasteiger partial charge is 0.168 e. The number of hydrogen-bond donors (Lipinski definition) is 1. The number of fused-ring (bicyclic) bond motifs is 1. The van der Waals surface area contributed by atoms with E-state index in [-0.39, 0.29) is 5.82 Å². The molecule has 158 valence electrons. The standard InChI is InChI=1S/C22H27FN6O/c23-18-6-2-3-7-19(18)29-21-17(14-26-29)20(24-16-25-21)28-12-8-22(30,9-13-28)15-27-10-4-1-5-11-27/h2-3,6-7,14,16,30H,1,4-5,8-13,15H2.